The van der Waals surface area contributed by atoms with Crippen LogP contribution in [0.25, 0.3) is 0 Å². The summed E-state index contributed by atoms with van der Waals surface area (Å²) >= 11 is 7.47. The molecule has 1 aliphatic rings. The van der Waals surface area contributed by atoms with Gasteiger partial charge in [0.1, 0.15) is 0 Å². The summed E-state index contributed by atoms with van der Waals surface area (Å²) < 4.78 is 26.1. The molecule has 0 unspecified atom stereocenters. The molecule has 1 saturated heterocycles. The Labute approximate surface area is 111 Å². The lowest BCUT2D eigenvalue weighted by atomic mass is 10.2. The van der Waals surface area contributed by atoms with Gasteiger partial charge in [-0.1, -0.05) is 12.1 Å². The van der Waals surface area contributed by atoms with Crippen molar-refractivity contribution < 1.29 is 8.42 Å². The van der Waals surface area contributed by atoms with Crippen LogP contribution in [0, 0.1) is 0 Å². The van der Waals surface area contributed by atoms with Gasteiger partial charge in [-0.15, -0.1) is 11.6 Å². The van der Waals surface area contributed by atoms with Crippen molar-refractivity contribution in [1.82, 2.24) is 4.31 Å². The maximum Gasteiger partial charge on any atom is 0.243 e. The molecule has 0 atom stereocenters. The Hall–Kier alpha value is -0.230. The van der Waals surface area contributed by atoms with Gasteiger partial charge in [0.15, 0.2) is 0 Å². The van der Waals surface area contributed by atoms with E-state index < -0.39 is 10.0 Å². The van der Waals surface area contributed by atoms with Crippen molar-refractivity contribution in [2.45, 2.75) is 10.8 Å². The molecule has 94 valence electrons. The second kappa shape index (κ2) is 5.61. The lowest BCUT2D eigenvalue weighted by Gasteiger charge is -2.25. The van der Waals surface area contributed by atoms with Crippen LogP contribution >= 0.6 is 23.4 Å². The number of hydrogen-bond donors (Lipinski definition) is 0. The van der Waals surface area contributed by atoms with Gasteiger partial charge in [-0.05, 0) is 17.7 Å². The van der Waals surface area contributed by atoms with E-state index in [4.69, 9.17) is 11.6 Å². The molecule has 3 nitrogen and oxygen atoms in total. The van der Waals surface area contributed by atoms with Crippen molar-refractivity contribution in [3.63, 3.8) is 0 Å². The quantitative estimate of drug-likeness (QED) is 0.801. The molecule has 1 heterocycles. The molecule has 17 heavy (non-hydrogen) atoms. The van der Waals surface area contributed by atoms with E-state index in [9.17, 15) is 8.42 Å². The van der Waals surface area contributed by atoms with Crippen LogP contribution in [0.4, 0.5) is 0 Å². The lowest BCUT2D eigenvalue weighted by molar-refractivity contribution is 0.443. The number of halogens is 1. The van der Waals surface area contributed by atoms with Crippen molar-refractivity contribution in [3.05, 3.63) is 29.8 Å². The third kappa shape index (κ3) is 2.96. The average Bonchev–Trinajstić information content (AvgIpc) is 2.40. The van der Waals surface area contributed by atoms with Crippen molar-refractivity contribution in [2.75, 3.05) is 24.6 Å². The Morgan fingerprint density at radius 2 is 1.76 bits per heavy atom. The first kappa shape index (κ1) is 13.2. The average molecular weight is 292 g/mol. The molecule has 1 fully saturated rings. The zero-order valence-corrected chi connectivity index (χ0v) is 11.7. The fraction of sp³-hybridized carbons (Fsp3) is 0.455. The topological polar surface area (TPSA) is 37.4 Å². The van der Waals surface area contributed by atoms with Gasteiger partial charge in [-0.25, -0.2) is 8.42 Å². The van der Waals surface area contributed by atoms with Gasteiger partial charge in [0.2, 0.25) is 10.0 Å². The highest BCUT2D eigenvalue weighted by Gasteiger charge is 2.25. The van der Waals surface area contributed by atoms with Gasteiger partial charge >= 0.3 is 0 Å². The third-order valence-electron chi connectivity index (χ3n) is 2.69. The predicted molar refractivity (Wildman–Crippen MR) is 72.1 cm³/mol. The number of hydrogen-bond acceptors (Lipinski definition) is 3. The molecule has 1 aromatic carbocycles. The molecule has 0 bridgehead atoms. The second-order valence-corrected chi connectivity index (χ2v) is 7.22. The van der Waals surface area contributed by atoms with Crippen molar-refractivity contribution in [1.29, 1.82) is 0 Å². The fourth-order valence-corrected chi connectivity index (χ4v) is 4.44. The Morgan fingerprint density at radius 1 is 1.18 bits per heavy atom. The van der Waals surface area contributed by atoms with Crippen LogP contribution in [0.5, 0.6) is 0 Å². The molecule has 0 radical (unpaired) electrons. The van der Waals surface area contributed by atoms with Crippen LogP contribution in [0.3, 0.4) is 0 Å². The Bertz CT molecular complexity index is 467. The molecule has 1 aliphatic heterocycles. The molecule has 0 saturated carbocycles. The summed E-state index contributed by atoms with van der Waals surface area (Å²) in [6, 6.07) is 6.79. The summed E-state index contributed by atoms with van der Waals surface area (Å²) in [6.45, 7) is 1.20. The van der Waals surface area contributed by atoms with E-state index >= 15 is 0 Å². The summed E-state index contributed by atoms with van der Waals surface area (Å²) in [7, 11) is -3.31. The molecule has 2 rings (SSSR count). The highest BCUT2D eigenvalue weighted by atomic mass is 35.5. The maximum atomic E-state index is 12.3. The molecule has 0 aromatic heterocycles. The molecule has 0 spiro atoms. The molecule has 0 N–H and O–H groups in total. The monoisotopic (exact) mass is 291 g/mol. The van der Waals surface area contributed by atoms with Crippen LogP contribution in [0.2, 0.25) is 0 Å². The normalized spacial score (nSPS) is 18.2. The van der Waals surface area contributed by atoms with Gasteiger partial charge in [0, 0.05) is 30.5 Å². The lowest BCUT2D eigenvalue weighted by Crippen LogP contribution is -2.37. The summed E-state index contributed by atoms with van der Waals surface area (Å²) in [5, 5.41) is 0. The Balaban J connectivity index is 2.23. The molecule has 6 heteroatoms. The molecule has 0 aliphatic carbocycles. The number of rotatable bonds is 3. The van der Waals surface area contributed by atoms with Crippen molar-refractivity contribution >= 4 is 33.4 Å². The Kier molecular flexibility index (Phi) is 4.36. The van der Waals surface area contributed by atoms with E-state index in [2.05, 4.69) is 0 Å². The number of thioether (sulfide) groups is 1. The minimum Gasteiger partial charge on any atom is -0.207 e. The van der Waals surface area contributed by atoms with E-state index in [1.807, 2.05) is 0 Å². The molecule has 1 aromatic rings. The highest BCUT2D eigenvalue weighted by molar-refractivity contribution is 7.99. The van der Waals surface area contributed by atoms with Gasteiger partial charge in [0.25, 0.3) is 0 Å². The number of sulfonamides is 1. The zero-order valence-electron chi connectivity index (χ0n) is 9.30. The summed E-state index contributed by atoms with van der Waals surface area (Å²) in [6.07, 6.45) is 0. The SMILES string of the molecule is O=S(=O)(c1ccc(CCl)cc1)N1CCSCC1. The first-order valence-corrected chi connectivity index (χ1v) is 8.50. The largest absolute Gasteiger partial charge is 0.243 e. The van der Waals surface area contributed by atoms with Gasteiger partial charge in [-0.2, -0.15) is 16.1 Å². The fourth-order valence-electron chi connectivity index (χ4n) is 1.69. The van der Waals surface area contributed by atoms with Crippen LogP contribution in [0.15, 0.2) is 29.2 Å². The number of nitrogens with zero attached hydrogens (tertiary/aromatic N) is 1. The molecular weight excluding hydrogens is 278 g/mol. The van der Waals surface area contributed by atoms with Crippen LogP contribution in [-0.2, 0) is 15.9 Å². The highest BCUT2D eigenvalue weighted by Crippen LogP contribution is 2.20. The van der Waals surface area contributed by atoms with E-state index in [1.54, 1.807) is 40.3 Å². The van der Waals surface area contributed by atoms with Gasteiger partial charge in [0.05, 0.1) is 4.90 Å². The van der Waals surface area contributed by atoms with Gasteiger partial charge < -0.3 is 0 Å². The second-order valence-electron chi connectivity index (χ2n) is 3.79. The van der Waals surface area contributed by atoms with E-state index in [0.717, 1.165) is 17.1 Å². The minimum atomic E-state index is -3.31. The Morgan fingerprint density at radius 3 is 2.29 bits per heavy atom. The van der Waals surface area contributed by atoms with E-state index in [-0.39, 0.29) is 0 Å². The first-order chi connectivity index (χ1) is 8.14. The summed E-state index contributed by atoms with van der Waals surface area (Å²) in [5.74, 6) is 2.15. The zero-order chi connectivity index (χ0) is 12.3. The molecule has 0 amide bonds. The van der Waals surface area contributed by atoms with Crippen LogP contribution in [0.1, 0.15) is 5.56 Å². The molecular formula is C11H14ClNO2S2. The summed E-state index contributed by atoms with van der Waals surface area (Å²) in [5.41, 5.74) is 0.930. The van der Waals surface area contributed by atoms with Gasteiger partial charge in [-0.3, -0.25) is 0 Å². The maximum absolute atomic E-state index is 12.3. The predicted octanol–water partition coefficient (Wildman–Crippen LogP) is 2.16. The van der Waals surface area contributed by atoms with Crippen molar-refractivity contribution in [3.8, 4) is 0 Å². The summed E-state index contributed by atoms with van der Waals surface area (Å²) in [4.78, 5) is 0.360. The third-order valence-corrected chi connectivity index (χ3v) is 5.85. The van der Waals surface area contributed by atoms with Crippen LogP contribution < -0.4 is 0 Å². The van der Waals surface area contributed by atoms with Crippen molar-refractivity contribution in [2.24, 2.45) is 0 Å². The van der Waals surface area contributed by atoms with E-state index in [0.29, 0.717) is 23.9 Å². The number of alkyl halides is 1. The standard InChI is InChI=1S/C11H14ClNO2S2/c12-9-10-1-3-11(4-2-10)17(14,15)13-5-7-16-8-6-13/h1-4H,5-9H2. The smallest absolute Gasteiger partial charge is 0.207 e. The van der Waals surface area contributed by atoms with E-state index in [1.165, 1.54) is 0 Å². The first-order valence-electron chi connectivity index (χ1n) is 5.37. The minimum absolute atomic E-state index is 0.360. The number of benzene rings is 1. The van der Waals surface area contributed by atoms with Crippen LogP contribution in [-0.4, -0.2) is 37.3 Å².